The van der Waals surface area contributed by atoms with Gasteiger partial charge in [-0.3, -0.25) is 14.4 Å². The van der Waals surface area contributed by atoms with Gasteiger partial charge >= 0.3 is 0 Å². The molecule has 0 aromatic heterocycles. The molecule has 36 heavy (non-hydrogen) atoms. The van der Waals surface area contributed by atoms with E-state index < -0.39 is 16.1 Å². The summed E-state index contributed by atoms with van der Waals surface area (Å²) in [5, 5.41) is 12.4. The van der Waals surface area contributed by atoms with E-state index in [0.717, 1.165) is 21.2 Å². The van der Waals surface area contributed by atoms with E-state index in [9.17, 15) is 19.6 Å². The molecule has 2 atom stereocenters. The number of thioether (sulfide) groups is 1. The third-order valence-corrected chi connectivity index (χ3v) is 9.22. The maximum atomic E-state index is 14.0. The lowest BCUT2D eigenvalue weighted by atomic mass is 10.1. The van der Waals surface area contributed by atoms with Crippen molar-refractivity contribution in [2.24, 2.45) is 0 Å². The van der Waals surface area contributed by atoms with Gasteiger partial charge in [0.1, 0.15) is 21.4 Å². The van der Waals surface area contributed by atoms with E-state index in [1.165, 1.54) is 18.7 Å². The van der Waals surface area contributed by atoms with Gasteiger partial charge in [0, 0.05) is 25.4 Å². The van der Waals surface area contributed by atoms with Crippen molar-refractivity contribution < 1.29 is 9.59 Å². The summed E-state index contributed by atoms with van der Waals surface area (Å²) in [6, 6.07) is 24.9. The number of nitrogens with zero attached hydrogens (tertiary/aromatic N) is 3. The lowest BCUT2D eigenvalue weighted by molar-refractivity contribution is -0.126. The lowest BCUT2D eigenvalue weighted by Crippen LogP contribution is -2.28. The highest BCUT2D eigenvalue weighted by Crippen LogP contribution is 2.50. The number of rotatable bonds is 4. The minimum atomic E-state index is -1.21. The van der Waals surface area contributed by atoms with Crippen LogP contribution in [0.4, 0.5) is 11.4 Å². The number of amides is 2. The number of nitrogens with one attached hydrogen (secondary N) is 2. The molecule has 2 aliphatic heterocycles. The Balaban J connectivity index is 1.63. The zero-order valence-corrected chi connectivity index (χ0v) is 21.3. The number of fused-ring (bicyclic) bond motifs is 1. The lowest BCUT2D eigenvalue weighted by Gasteiger charge is -2.25. The third kappa shape index (κ3) is 4.19. The summed E-state index contributed by atoms with van der Waals surface area (Å²) in [5.74, 6) is -0.462. The molecule has 1 saturated heterocycles. The highest BCUT2D eigenvalue weighted by molar-refractivity contribution is 8.05. The maximum absolute atomic E-state index is 14.0. The minimum Gasteiger partial charge on any atom is -0.337 e. The van der Waals surface area contributed by atoms with Crippen molar-refractivity contribution in [3.8, 4) is 6.07 Å². The number of hydrogen-bond acceptors (Lipinski definition) is 6. The molecule has 2 unspecified atom stereocenters. The van der Waals surface area contributed by atoms with Crippen molar-refractivity contribution in [2.75, 3.05) is 17.3 Å². The summed E-state index contributed by atoms with van der Waals surface area (Å²) in [5.41, 5.74) is 3.40. The van der Waals surface area contributed by atoms with Gasteiger partial charge in [-0.25, -0.2) is 0 Å². The zero-order chi connectivity index (χ0) is 25.4. The van der Waals surface area contributed by atoms with Crippen LogP contribution in [0.1, 0.15) is 29.0 Å². The fraction of sp³-hybridized carbons (Fsp3) is 0.148. The number of nitriles is 1. The van der Waals surface area contributed by atoms with E-state index in [4.69, 9.17) is 0 Å². The van der Waals surface area contributed by atoms with Crippen LogP contribution in [-0.4, -0.2) is 23.8 Å². The largest absolute Gasteiger partial charge is 0.337 e. The first kappa shape index (κ1) is 23.9. The second kappa shape index (κ2) is 9.64. The molecule has 0 saturated carbocycles. The molecule has 0 bridgehead atoms. The molecule has 2 heterocycles. The Morgan fingerprint density at radius 2 is 1.86 bits per heavy atom. The maximum Gasteiger partial charge on any atom is 0.265 e. The SMILES string of the molecule is CC(=O)Nc1cc(C2N(Cc3ccccc3)C(=O)C(=C3Sc4ccccc4N3C)S2=N)ccc1C#N. The fourth-order valence-corrected chi connectivity index (χ4v) is 7.58. The van der Waals surface area contributed by atoms with Gasteiger partial charge in [-0.2, -0.15) is 5.26 Å². The van der Waals surface area contributed by atoms with Crippen molar-refractivity contribution in [1.82, 2.24) is 4.90 Å². The molecule has 3 aromatic rings. The first-order chi connectivity index (χ1) is 17.4. The first-order valence-corrected chi connectivity index (χ1v) is 13.3. The Kier molecular flexibility index (Phi) is 6.39. The second-order valence-electron chi connectivity index (χ2n) is 8.47. The second-order valence-corrected chi connectivity index (χ2v) is 11.0. The predicted molar refractivity (Wildman–Crippen MR) is 143 cm³/mol. The molecule has 2 aliphatic rings. The molecule has 180 valence electrons. The quantitative estimate of drug-likeness (QED) is 0.458. The smallest absolute Gasteiger partial charge is 0.265 e. The van der Waals surface area contributed by atoms with Crippen molar-refractivity contribution in [2.45, 2.75) is 23.7 Å². The third-order valence-electron chi connectivity index (χ3n) is 6.07. The number of hydrogen-bond donors (Lipinski definition) is 2. The molecule has 7 nitrogen and oxygen atoms in total. The zero-order valence-electron chi connectivity index (χ0n) is 19.7. The Morgan fingerprint density at radius 3 is 2.56 bits per heavy atom. The standard InChI is InChI=1S/C27H23N5O2S2/c1-17(33)30-21-14-19(12-13-20(21)15-28)27-32(16-18-8-4-3-5-9-18)25(34)24(36(27)29)26-31(2)22-10-6-7-11-23(22)35-26/h3-14,27,29H,16H2,1-2H3,(H,30,33). The molecule has 2 amide bonds. The topological polar surface area (TPSA) is 100 Å². The number of para-hydroxylation sites is 1. The highest BCUT2D eigenvalue weighted by atomic mass is 32.2. The van der Waals surface area contributed by atoms with Crippen LogP contribution in [0.15, 0.2) is 87.6 Å². The first-order valence-electron chi connectivity index (χ1n) is 11.2. The number of benzene rings is 3. The van der Waals surface area contributed by atoms with Gasteiger partial charge in [-0.15, -0.1) is 0 Å². The van der Waals surface area contributed by atoms with Crippen LogP contribution in [0.2, 0.25) is 0 Å². The van der Waals surface area contributed by atoms with Crippen LogP contribution in [0.3, 0.4) is 0 Å². The van der Waals surface area contributed by atoms with Crippen LogP contribution in [0.25, 0.3) is 0 Å². The van der Waals surface area contributed by atoms with Crippen molar-refractivity contribution >= 4 is 45.6 Å². The predicted octanol–water partition coefficient (Wildman–Crippen LogP) is 5.35. The molecule has 0 aliphatic carbocycles. The van der Waals surface area contributed by atoms with Crippen molar-refractivity contribution in [1.29, 1.82) is 10.0 Å². The summed E-state index contributed by atoms with van der Waals surface area (Å²) >= 11 is 1.52. The van der Waals surface area contributed by atoms with Gasteiger partial charge in [0.05, 0.1) is 16.9 Å². The van der Waals surface area contributed by atoms with E-state index in [1.807, 2.05) is 66.5 Å². The summed E-state index contributed by atoms with van der Waals surface area (Å²) in [6.45, 7) is 1.73. The average Bonchev–Trinajstić information content (AvgIpc) is 3.32. The van der Waals surface area contributed by atoms with Gasteiger partial charge in [-0.05, 0) is 46.1 Å². The summed E-state index contributed by atoms with van der Waals surface area (Å²) < 4.78 is 9.30. The monoisotopic (exact) mass is 513 g/mol. The molecule has 3 aromatic carbocycles. The van der Waals surface area contributed by atoms with E-state index in [1.54, 1.807) is 23.1 Å². The normalized spacial score (nSPS) is 20.9. The molecule has 9 heteroatoms. The highest BCUT2D eigenvalue weighted by Gasteiger charge is 2.44. The van der Waals surface area contributed by atoms with Gasteiger partial charge in [0.25, 0.3) is 5.91 Å². The van der Waals surface area contributed by atoms with Crippen LogP contribution in [0.5, 0.6) is 0 Å². The van der Waals surface area contributed by atoms with E-state index >= 15 is 0 Å². The Morgan fingerprint density at radius 1 is 1.14 bits per heavy atom. The van der Waals surface area contributed by atoms with E-state index in [2.05, 4.69) is 11.4 Å². The van der Waals surface area contributed by atoms with Gasteiger partial charge < -0.3 is 15.1 Å². The minimum absolute atomic E-state index is 0.172. The fourth-order valence-electron chi connectivity index (χ4n) is 4.41. The van der Waals surface area contributed by atoms with Gasteiger partial charge in [0.2, 0.25) is 5.91 Å². The van der Waals surface area contributed by atoms with Gasteiger partial charge in [-0.1, -0.05) is 60.3 Å². The molecule has 1 fully saturated rings. The van der Waals surface area contributed by atoms with Crippen LogP contribution >= 0.6 is 11.8 Å². The van der Waals surface area contributed by atoms with Crippen LogP contribution in [-0.2, 0) is 26.8 Å². The Bertz CT molecular complexity index is 1480. The number of anilines is 2. The summed E-state index contributed by atoms with van der Waals surface area (Å²) in [7, 11) is 0.714. The molecule has 0 radical (unpaired) electrons. The van der Waals surface area contributed by atoms with Crippen molar-refractivity contribution in [3.63, 3.8) is 0 Å². The van der Waals surface area contributed by atoms with Crippen LogP contribution in [0, 0.1) is 16.1 Å². The summed E-state index contributed by atoms with van der Waals surface area (Å²) in [6.07, 6.45) is 0. The number of carbonyl (C=O) groups excluding carboxylic acids is 2. The molecule has 2 N–H and O–H groups in total. The Hall–Kier alpha value is -3.87. The summed E-state index contributed by atoms with van der Waals surface area (Å²) in [4.78, 5) is 31.0. The molecule has 5 rings (SSSR count). The van der Waals surface area contributed by atoms with E-state index in [-0.39, 0.29) is 11.8 Å². The van der Waals surface area contributed by atoms with E-state index in [0.29, 0.717) is 28.3 Å². The molecular formula is C27H23N5O2S2. The average molecular weight is 514 g/mol. The molecular weight excluding hydrogens is 490 g/mol. The Labute approximate surface area is 216 Å². The van der Waals surface area contributed by atoms with Crippen molar-refractivity contribution in [3.05, 3.63) is 99.4 Å². The number of carbonyl (C=O) groups is 2. The molecule has 0 spiro atoms. The van der Waals surface area contributed by atoms with Gasteiger partial charge in [0.15, 0.2) is 0 Å². The van der Waals surface area contributed by atoms with Crippen LogP contribution < -0.4 is 10.2 Å².